The molecule has 0 saturated heterocycles. The molecule has 0 aliphatic carbocycles. The van der Waals surface area contributed by atoms with Crippen molar-refractivity contribution in [2.45, 2.75) is 25.8 Å². The molecule has 0 radical (unpaired) electrons. The molecule has 0 spiro atoms. The first-order valence-corrected chi connectivity index (χ1v) is 6.82. The quantitative estimate of drug-likeness (QED) is 0.784. The lowest BCUT2D eigenvalue weighted by Gasteiger charge is -2.23. The molecule has 0 heterocycles. The number of nitrogens with zero attached hydrogens (tertiary/aromatic N) is 1. The van der Waals surface area contributed by atoms with Crippen LogP contribution in [0.1, 0.15) is 31.4 Å². The summed E-state index contributed by atoms with van der Waals surface area (Å²) >= 11 is 0. The molecule has 3 nitrogen and oxygen atoms in total. The Hall–Kier alpha value is -1.13. The molecule has 0 aromatic heterocycles. The Bertz CT molecular complexity index is 384. The molecular formula is C15H25FN2O. The van der Waals surface area contributed by atoms with Gasteiger partial charge in [-0.3, -0.25) is 0 Å². The van der Waals surface area contributed by atoms with Crippen molar-refractivity contribution in [1.82, 2.24) is 10.2 Å². The van der Waals surface area contributed by atoms with E-state index in [1.807, 2.05) is 7.05 Å². The van der Waals surface area contributed by atoms with E-state index in [4.69, 9.17) is 4.74 Å². The Balaban J connectivity index is 2.79. The second-order valence-electron chi connectivity index (χ2n) is 4.79. The van der Waals surface area contributed by atoms with E-state index in [0.717, 1.165) is 25.9 Å². The molecule has 0 saturated carbocycles. The van der Waals surface area contributed by atoms with E-state index in [-0.39, 0.29) is 11.9 Å². The van der Waals surface area contributed by atoms with Crippen LogP contribution in [0, 0.1) is 5.82 Å². The van der Waals surface area contributed by atoms with Gasteiger partial charge >= 0.3 is 0 Å². The Morgan fingerprint density at radius 1 is 1.37 bits per heavy atom. The molecule has 1 rings (SSSR count). The summed E-state index contributed by atoms with van der Waals surface area (Å²) in [7, 11) is 5.53. The number of nitrogens with one attached hydrogen (secondary N) is 1. The molecule has 0 aliphatic heterocycles. The van der Waals surface area contributed by atoms with Crippen LogP contribution >= 0.6 is 0 Å². The first kappa shape index (κ1) is 15.9. The topological polar surface area (TPSA) is 24.5 Å². The highest BCUT2D eigenvalue weighted by molar-refractivity contribution is 5.37. The summed E-state index contributed by atoms with van der Waals surface area (Å²) in [5, 5.41) is 3.18. The van der Waals surface area contributed by atoms with Gasteiger partial charge in [0.25, 0.3) is 0 Å². The Morgan fingerprint density at radius 2 is 2.11 bits per heavy atom. The Morgan fingerprint density at radius 3 is 2.68 bits per heavy atom. The predicted octanol–water partition coefficient (Wildman–Crippen LogP) is 2.83. The fourth-order valence-corrected chi connectivity index (χ4v) is 2.31. The molecule has 4 heteroatoms. The van der Waals surface area contributed by atoms with Gasteiger partial charge < -0.3 is 15.0 Å². The third-order valence-electron chi connectivity index (χ3n) is 3.33. The van der Waals surface area contributed by atoms with Gasteiger partial charge in [0.2, 0.25) is 0 Å². The van der Waals surface area contributed by atoms with Crippen LogP contribution < -0.4 is 10.1 Å². The summed E-state index contributed by atoms with van der Waals surface area (Å²) < 4.78 is 19.3. The van der Waals surface area contributed by atoms with E-state index in [0.29, 0.717) is 11.3 Å². The summed E-state index contributed by atoms with van der Waals surface area (Å²) in [6.45, 7) is 4.15. The fraction of sp³-hybridized carbons (Fsp3) is 0.600. The lowest BCUT2D eigenvalue weighted by molar-refractivity contribution is 0.306. The van der Waals surface area contributed by atoms with E-state index >= 15 is 0 Å². The van der Waals surface area contributed by atoms with Crippen LogP contribution in [0.3, 0.4) is 0 Å². The zero-order chi connectivity index (χ0) is 14.3. The van der Waals surface area contributed by atoms with Crippen LogP contribution in [0.2, 0.25) is 0 Å². The lowest BCUT2D eigenvalue weighted by atomic mass is 10.0. The second kappa shape index (κ2) is 8.12. The first-order chi connectivity index (χ1) is 9.13. The highest BCUT2D eigenvalue weighted by Gasteiger charge is 2.19. The molecule has 1 aromatic rings. The molecule has 1 N–H and O–H groups in total. The van der Waals surface area contributed by atoms with Crippen LogP contribution in [-0.4, -0.2) is 39.2 Å². The Labute approximate surface area is 115 Å². The van der Waals surface area contributed by atoms with E-state index < -0.39 is 0 Å². The maximum atomic E-state index is 14.0. The number of halogens is 1. The van der Waals surface area contributed by atoms with Crippen LogP contribution in [0.4, 0.5) is 4.39 Å². The van der Waals surface area contributed by atoms with Crippen molar-refractivity contribution >= 4 is 0 Å². The monoisotopic (exact) mass is 268 g/mol. The van der Waals surface area contributed by atoms with Gasteiger partial charge in [0.15, 0.2) is 0 Å². The molecule has 0 amide bonds. The van der Waals surface area contributed by atoms with Gasteiger partial charge in [-0.05, 0) is 52.2 Å². The summed E-state index contributed by atoms with van der Waals surface area (Å²) in [5.74, 6) is 0.398. The zero-order valence-corrected chi connectivity index (χ0v) is 12.4. The van der Waals surface area contributed by atoms with Gasteiger partial charge in [-0.2, -0.15) is 0 Å². The van der Waals surface area contributed by atoms with Gasteiger partial charge in [-0.15, -0.1) is 0 Å². The molecule has 0 aliphatic rings. The molecule has 1 aromatic carbocycles. The first-order valence-electron chi connectivity index (χ1n) is 6.82. The smallest absolute Gasteiger partial charge is 0.131 e. The summed E-state index contributed by atoms with van der Waals surface area (Å²) in [6, 6.07) is 4.93. The number of hydrogen-bond acceptors (Lipinski definition) is 3. The average Bonchev–Trinajstić information content (AvgIpc) is 2.41. The summed E-state index contributed by atoms with van der Waals surface area (Å²) in [6.07, 6.45) is 1.98. The van der Waals surface area contributed by atoms with E-state index in [2.05, 4.69) is 24.2 Å². The van der Waals surface area contributed by atoms with Crippen molar-refractivity contribution < 1.29 is 9.13 Å². The number of ether oxygens (including phenoxy) is 1. The van der Waals surface area contributed by atoms with Gasteiger partial charge in [0.05, 0.1) is 7.11 Å². The van der Waals surface area contributed by atoms with Crippen molar-refractivity contribution in [3.05, 3.63) is 29.6 Å². The van der Waals surface area contributed by atoms with E-state index in [1.54, 1.807) is 19.2 Å². The lowest BCUT2D eigenvalue weighted by Crippen LogP contribution is -2.26. The third-order valence-corrected chi connectivity index (χ3v) is 3.33. The van der Waals surface area contributed by atoms with Crippen LogP contribution in [0.5, 0.6) is 5.75 Å². The van der Waals surface area contributed by atoms with Gasteiger partial charge in [-0.1, -0.05) is 13.0 Å². The standard InChI is InChI=1S/C15H25FN2O/c1-5-10-18(3)11-9-13(17-2)15-12(16)7-6-8-14(15)19-4/h6-8,13,17H,5,9-11H2,1-4H3. The SMILES string of the molecule is CCCN(C)CCC(NC)c1c(F)cccc1OC. The number of hydrogen-bond donors (Lipinski definition) is 1. The van der Waals surface area contributed by atoms with Gasteiger partial charge in [0, 0.05) is 11.6 Å². The summed E-state index contributed by atoms with van der Waals surface area (Å²) in [4.78, 5) is 2.26. The normalized spacial score (nSPS) is 12.7. The molecule has 0 fully saturated rings. The van der Waals surface area contributed by atoms with Crippen LogP contribution in [0.25, 0.3) is 0 Å². The van der Waals surface area contributed by atoms with Crippen molar-refractivity contribution in [1.29, 1.82) is 0 Å². The maximum Gasteiger partial charge on any atom is 0.131 e. The van der Waals surface area contributed by atoms with E-state index in [1.165, 1.54) is 6.07 Å². The van der Waals surface area contributed by atoms with Crippen LogP contribution in [0.15, 0.2) is 18.2 Å². The van der Waals surface area contributed by atoms with E-state index in [9.17, 15) is 4.39 Å². The molecule has 1 unspecified atom stereocenters. The van der Waals surface area contributed by atoms with Crippen LogP contribution in [-0.2, 0) is 0 Å². The third kappa shape index (κ3) is 4.48. The predicted molar refractivity (Wildman–Crippen MR) is 77.2 cm³/mol. The fourth-order valence-electron chi connectivity index (χ4n) is 2.31. The zero-order valence-electron chi connectivity index (χ0n) is 12.4. The highest BCUT2D eigenvalue weighted by atomic mass is 19.1. The molecule has 0 bridgehead atoms. The second-order valence-corrected chi connectivity index (χ2v) is 4.79. The van der Waals surface area contributed by atoms with Gasteiger partial charge in [0.1, 0.15) is 11.6 Å². The molecular weight excluding hydrogens is 243 g/mol. The minimum atomic E-state index is -0.211. The van der Waals surface area contributed by atoms with Crippen molar-refractivity contribution in [2.24, 2.45) is 0 Å². The summed E-state index contributed by atoms with van der Waals surface area (Å²) in [5.41, 5.74) is 0.623. The average molecular weight is 268 g/mol. The minimum Gasteiger partial charge on any atom is -0.496 e. The molecule has 1 atom stereocenters. The number of rotatable bonds is 8. The van der Waals surface area contributed by atoms with Crippen molar-refractivity contribution in [3.8, 4) is 5.75 Å². The minimum absolute atomic E-state index is 0.0320. The van der Waals surface area contributed by atoms with Gasteiger partial charge in [-0.25, -0.2) is 4.39 Å². The van der Waals surface area contributed by atoms with Crippen molar-refractivity contribution in [3.63, 3.8) is 0 Å². The molecule has 19 heavy (non-hydrogen) atoms. The van der Waals surface area contributed by atoms with Crippen molar-refractivity contribution in [2.75, 3.05) is 34.3 Å². The highest BCUT2D eigenvalue weighted by Crippen LogP contribution is 2.29. The number of methoxy groups -OCH3 is 1. The maximum absolute atomic E-state index is 14.0. The number of benzene rings is 1. The Kier molecular flexibility index (Phi) is 6.81. The molecule has 108 valence electrons. The largest absolute Gasteiger partial charge is 0.496 e.